The molecule has 1 heterocycles. The molecule has 0 aliphatic carbocycles. The highest BCUT2D eigenvalue weighted by atomic mass is 32.1. The standard InChI is InChI=1S/C18H16FN3S/c1-2-20-18-22(21-12-15-10-6-7-11-16(15)19)17(13-23-18)14-8-4-3-5-9-14/h3-13H,2H2,1H3/b20-18?,21-12-. The van der Waals surface area contributed by atoms with Gasteiger partial charge in [-0.1, -0.05) is 48.5 Å². The summed E-state index contributed by atoms with van der Waals surface area (Å²) in [6.45, 7) is 2.65. The first-order valence-electron chi connectivity index (χ1n) is 7.35. The maximum Gasteiger partial charge on any atom is 0.206 e. The van der Waals surface area contributed by atoms with E-state index >= 15 is 0 Å². The SMILES string of the molecule is CCN=c1scc(-c2ccccc2)n1/N=C\c1ccccc1F. The third kappa shape index (κ3) is 3.46. The number of halogens is 1. The van der Waals surface area contributed by atoms with E-state index in [1.165, 1.54) is 23.6 Å². The van der Waals surface area contributed by atoms with Gasteiger partial charge in [0.2, 0.25) is 4.80 Å². The van der Waals surface area contributed by atoms with Crippen LogP contribution in [0.5, 0.6) is 0 Å². The number of benzene rings is 2. The zero-order valence-electron chi connectivity index (χ0n) is 12.7. The number of nitrogens with zero attached hydrogens (tertiary/aromatic N) is 3. The van der Waals surface area contributed by atoms with Crippen molar-refractivity contribution < 1.29 is 4.39 Å². The normalized spacial score (nSPS) is 12.2. The molecule has 0 unspecified atom stereocenters. The van der Waals surface area contributed by atoms with Gasteiger partial charge in [-0.05, 0) is 13.0 Å². The molecule has 1 aromatic heterocycles. The maximum atomic E-state index is 13.8. The van der Waals surface area contributed by atoms with Gasteiger partial charge >= 0.3 is 0 Å². The van der Waals surface area contributed by atoms with Gasteiger partial charge in [-0.25, -0.2) is 9.07 Å². The van der Waals surface area contributed by atoms with Gasteiger partial charge in [-0.3, -0.25) is 4.99 Å². The molecule has 0 aliphatic heterocycles. The Morgan fingerprint density at radius 2 is 1.83 bits per heavy atom. The summed E-state index contributed by atoms with van der Waals surface area (Å²) in [5.74, 6) is -0.290. The molecule has 0 amide bonds. The van der Waals surface area contributed by atoms with Crippen LogP contribution in [0.1, 0.15) is 12.5 Å². The molecular formula is C18H16FN3S. The van der Waals surface area contributed by atoms with Crippen molar-refractivity contribution in [2.75, 3.05) is 6.54 Å². The summed E-state index contributed by atoms with van der Waals surface area (Å²) in [7, 11) is 0. The van der Waals surface area contributed by atoms with E-state index in [1.54, 1.807) is 22.9 Å². The molecule has 0 fully saturated rings. The third-order valence-electron chi connectivity index (χ3n) is 3.27. The molecule has 3 rings (SSSR count). The Labute approximate surface area is 138 Å². The van der Waals surface area contributed by atoms with E-state index in [0.29, 0.717) is 12.1 Å². The number of thiazole rings is 1. The first-order chi connectivity index (χ1) is 11.3. The van der Waals surface area contributed by atoms with Gasteiger partial charge in [-0.2, -0.15) is 5.10 Å². The summed E-state index contributed by atoms with van der Waals surface area (Å²) in [6.07, 6.45) is 1.53. The molecule has 116 valence electrons. The first-order valence-corrected chi connectivity index (χ1v) is 8.23. The molecule has 0 radical (unpaired) electrons. The second kappa shape index (κ2) is 7.15. The average molecular weight is 325 g/mol. The highest BCUT2D eigenvalue weighted by Crippen LogP contribution is 2.19. The highest BCUT2D eigenvalue weighted by Gasteiger charge is 2.07. The minimum absolute atomic E-state index is 0.290. The Morgan fingerprint density at radius 1 is 1.09 bits per heavy atom. The van der Waals surface area contributed by atoms with Crippen LogP contribution in [0.2, 0.25) is 0 Å². The molecule has 0 N–H and O–H groups in total. The molecule has 23 heavy (non-hydrogen) atoms. The van der Waals surface area contributed by atoms with Crippen LogP contribution in [0.4, 0.5) is 4.39 Å². The largest absolute Gasteiger partial charge is 0.258 e. The quantitative estimate of drug-likeness (QED) is 0.645. The topological polar surface area (TPSA) is 29.6 Å². The van der Waals surface area contributed by atoms with E-state index in [1.807, 2.05) is 42.6 Å². The summed E-state index contributed by atoms with van der Waals surface area (Å²) in [6, 6.07) is 16.6. The molecule has 0 spiro atoms. The van der Waals surface area contributed by atoms with Gasteiger partial charge in [0.25, 0.3) is 0 Å². The summed E-state index contributed by atoms with van der Waals surface area (Å²) in [5.41, 5.74) is 2.44. The highest BCUT2D eigenvalue weighted by molar-refractivity contribution is 7.07. The molecule has 2 aromatic carbocycles. The number of rotatable bonds is 4. The van der Waals surface area contributed by atoms with Gasteiger partial charge in [0.15, 0.2) is 0 Å². The molecular weight excluding hydrogens is 309 g/mol. The molecule has 3 nitrogen and oxygen atoms in total. The van der Waals surface area contributed by atoms with Crippen molar-refractivity contribution in [1.82, 2.24) is 4.68 Å². The fourth-order valence-corrected chi connectivity index (χ4v) is 3.06. The predicted molar refractivity (Wildman–Crippen MR) is 93.2 cm³/mol. The molecule has 0 saturated carbocycles. The van der Waals surface area contributed by atoms with Crippen molar-refractivity contribution >= 4 is 17.6 Å². The van der Waals surface area contributed by atoms with Crippen molar-refractivity contribution in [2.24, 2.45) is 10.1 Å². The van der Waals surface area contributed by atoms with Gasteiger partial charge in [0.1, 0.15) is 5.82 Å². The van der Waals surface area contributed by atoms with Crippen LogP contribution >= 0.6 is 11.3 Å². The van der Waals surface area contributed by atoms with E-state index in [0.717, 1.165) is 16.1 Å². The number of hydrogen-bond acceptors (Lipinski definition) is 3. The second-order valence-electron chi connectivity index (χ2n) is 4.82. The van der Waals surface area contributed by atoms with Gasteiger partial charge < -0.3 is 0 Å². The molecule has 0 saturated heterocycles. The van der Waals surface area contributed by atoms with Crippen molar-refractivity contribution in [3.63, 3.8) is 0 Å². The Kier molecular flexibility index (Phi) is 4.78. The Balaban J connectivity index is 2.08. The molecule has 0 bridgehead atoms. The van der Waals surface area contributed by atoms with Crippen LogP contribution in [0, 0.1) is 5.82 Å². The molecule has 0 atom stereocenters. The second-order valence-corrected chi connectivity index (χ2v) is 5.66. The van der Waals surface area contributed by atoms with Crippen LogP contribution in [0.3, 0.4) is 0 Å². The first kappa shape index (κ1) is 15.4. The smallest absolute Gasteiger partial charge is 0.206 e. The number of aromatic nitrogens is 1. The van der Waals surface area contributed by atoms with E-state index < -0.39 is 0 Å². The van der Waals surface area contributed by atoms with Crippen LogP contribution in [0.25, 0.3) is 11.3 Å². The lowest BCUT2D eigenvalue weighted by molar-refractivity contribution is 0.625. The zero-order chi connectivity index (χ0) is 16.1. The molecule has 3 aromatic rings. The third-order valence-corrected chi connectivity index (χ3v) is 4.12. The van der Waals surface area contributed by atoms with Crippen LogP contribution in [-0.2, 0) is 0 Å². The van der Waals surface area contributed by atoms with Crippen molar-refractivity contribution in [2.45, 2.75) is 6.92 Å². The Hall–Kier alpha value is -2.53. The minimum atomic E-state index is -0.290. The van der Waals surface area contributed by atoms with Crippen molar-refractivity contribution in [3.05, 3.63) is 76.2 Å². The van der Waals surface area contributed by atoms with Crippen LogP contribution in [-0.4, -0.2) is 17.4 Å². The summed E-state index contributed by atoms with van der Waals surface area (Å²) in [5, 5.41) is 6.48. The van der Waals surface area contributed by atoms with Crippen molar-refractivity contribution in [1.29, 1.82) is 0 Å². The minimum Gasteiger partial charge on any atom is -0.258 e. The van der Waals surface area contributed by atoms with Crippen LogP contribution < -0.4 is 4.80 Å². The lowest BCUT2D eigenvalue weighted by atomic mass is 10.2. The van der Waals surface area contributed by atoms with Crippen molar-refractivity contribution in [3.8, 4) is 11.3 Å². The average Bonchev–Trinajstić information content (AvgIpc) is 2.98. The Morgan fingerprint density at radius 3 is 2.57 bits per heavy atom. The van der Waals surface area contributed by atoms with E-state index in [-0.39, 0.29) is 5.82 Å². The molecule has 5 heteroatoms. The fourth-order valence-electron chi connectivity index (χ4n) is 2.16. The van der Waals surface area contributed by atoms with E-state index in [2.05, 4.69) is 10.1 Å². The number of hydrogen-bond donors (Lipinski definition) is 0. The van der Waals surface area contributed by atoms with Gasteiger partial charge in [-0.15, -0.1) is 11.3 Å². The lowest BCUT2D eigenvalue weighted by Crippen LogP contribution is -2.12. The maximum absolute atomic E-state index is 13.8. The predicted octanol–water partition coefficient (Wildman–Crippen LogP) is 4.16. The summed E-state index contributed by atoms with van der Waals surface area (Å²) < 4.78 is 15.5. The van der Waals surface area contributed by atoms with Gasteiger partial charge in [0, 0.05) is 23.1 Å². The zero-order valence-corrected chi connectivity index (χ0v) is 13.5. The van der Waals surface area contributed by atoms with Crippen LogP contribution in [0.15, 0.2) is 70.1 Å². The Bertz CT molecular complexity index is 879. The van der Waals surface area contributed by atoms with E-state index in [9.17, 15) is 4.39 Å². The fraction of sp³-hybridized carbons (Fsp3) is 0.111. The monoisotopic (exact) mass is 325 g/mol. The van der Waals surface area contributed by atoms with Gasteiger partial charge in [0.05, 0.1) is 11.9 Å². The lowest BCUT2D eigenvalue weighted by Gasteiger charge is -2.03. The molecule has 0 aliphatic rings. The van der Waals surface area contributed by atoms with E-state index in [4.69, 9.17) is 0 Å². The summed E-state index contributed by atoms with van der Waals surface area (Å²) >= 11 is 1.52. The summed E-state index contributed by atoms with van der Waals surface area (Å²) in [4.78, 5) is 5.25.